The first-order valence-corrected chi connectivity index (χ1v) is 8.39. The number of benzene rings is 1. The van der Waals surface area contributed by atoms with Gasteiger partial charge in [-0.2, -0.15) is 0 Å². The maximum atomic E-state index is 14.0. The van der Waals surface area contributed by atoms with E-state index in [4.69, 9.17) is 11.6 Å². The van der Waals surface area contributed by atoms with Crippen LogP contribution in [0.15, 0.2) is 43.0 Å². The lowest BCUT2D eigenvalue weighted by Crippen LogP contribution is -2.29. The second-order valence-electron chi connectivity index (χ2n) is 5.94. The van der Waals surface area contributed by atoms with E-state index in [1.807, 2.05) is 6.92 Å². The number of para-hydroxylation sites is 1. The van der Waals surface area contributed by atoms with Crippen molar-refractivity contribution in [2.45, 2.75) is 13.0 Å². The number of fused-ring (bicyclic) bond motifs is 1. The molecule has 0 aliphatic carbocycles. The van der Waals surface area contributed by atoms with E-state index < -0.39 is 12.9 Å². The van der Waals surface area contributed by atoms with E-state index in [1.54, 1.807) is 29.0 Å². The fourth-order valence-corrected chi connectivity index (χ4v) is 3.17. The van der Waals surface area contributed by atoms with Crippen molar-refractivity contribution >= 4 is 35.2 Å². The predicted octanol–water partition coefficient (Wildman–Crippen LogP) is 1.09. The fourth-order valence-electron chi connectivity index (χ4n) is 2.93. The Morgan fingerprint density at radius 2 is 1.96 bits per heavy atom. The van der Waals surface area contributed by atoms with Gasteiger partial charge in [-0.3, -0.25) is 0 Å². The number of halogens is 2. The van der Waals surface area contributed by atoms with Gasteiger partial charge in [0.05, 0.1) is 17.6 Å². The van der Waals surface area contributed by atoms with Gasteiger partial charge in [0.15, 0.2) is 0 Å². The van der Waals surface area contributed by atoms with E-state index in [9.17, 15) is 14.4 Å². The van der Waals surface area contributed by atoms with Crippen LogP contribution in [0.5, 0.6) is 0 Å². The third kappa shape index (κ3) is 2.97. The van der Waals surface area contributed by atoms with Gasteiger partial charge >= 0.3 is 7.12 Å². The van der Waals surface area contributed by atoms with Crippen LogP contribution in [0, 0.1) is 5.82 Å². The van der Waals surface area contributed by atoms with Crippen molar-refractivity contribution in [2.75, 3.05) is 0 Å². The van der Waals surface area contributed by atoms with Crippen LogP contribution in [0.3, 0.4) is 0 Å². The first kappa shape index (κ1) is 17.6. The Morgan fingerprint density at radius 1 is 1.19 bits per heavy atom. The fraction of sp³-hybridized carbons (Fsp3) is 0.125. The summed E-state index contributed by atoms with van der Waals surface area (Å²) in [6, 6.07) is 5.85. The summed E-state index contributed by atoms with van der Waals surface area (Å²) >= 11 is 6.11. The van der Waals surface area contributed by atoms with E-state index in [-0.39, 0.29) is 22.3 Å². The normalized spacial score (nSPS) is 12.5. The molecule has 8 nitrogen and oxygen atoms in total. The molecule has 3 heterocycles. The maximum Gasteiger partial charge on any atom is 0.490 e. The first-order chi connectivity index (χ1) is 13.0. The molecule has 4 aromatic rings. The van der Waals surface area contributed by atoms with Gasteiger partial charge in [-0.25, -0.2) is 19.0 Å². The number of hydrogen-bond donors (Lipinski definition) is 2. The highest BCUT2D eigenvalue weighted by Crippen LogP contribution is 2.25. The van der Waals surface area contributed by atoms with Crippen LogP contribution in [0.25, 0.3) is 16.7 Å². The molecule has 0 spiro atoms. The zero-order valence-corrected chi connectivity index (χ0v) is 14.8. The molecular weight excluding hydrogens is 373 g/mol. The summed E-state index contributed by atoms with van der Waals surface area (Å²) in [4.78, 5) is 8.10. The third-order valence-electron chi connectivity index (χ3n) is 4.33. The lowest BCUT2D eigenvalue weighted by Gasteiger charge is -2.11. The Bertz CT molecular complexity index is 1130. The molecule has 0 bridgehead atoms. The molecule has 27 heavy (non-hydrogen) atoms. The van der Waals surface area contributed by atoms with Gasteiger partial charge in [-0.1, -0.05) is 28.9 Å². The summed E-state index contributed by atoms with van der Waals surface area (Å²) in [5.74, 6) is -0.418. The molecule has 0 amide bonds. The summed E-state index contributed by atoms with van der Waals surface area (Å²) < 4.78 is 17.0. The lowest BCUT2D eigenvalue weighted by molar-refractivity contribution is 0.426. The quantitative estimate of drug-likeness (QED) is 0.402. The molecule has 1 atom stereocenters. The lowest BCUT2D eigenvalue weighted by atomic mass is 9.81. The zero-order valence-electron chi connectivity index (χ0n) is 14.0. The minimum atomic E-state index is -1.74. The van der Waals surface area contributed by atoms with Crippen LogP contribution in [-0.4, -0.2) is 46.7 Å². The van der Waals surface area contributed by atoms with Crippen molar-refractivity contribution in [3.8, 4) is 5.69 Å². The number of rotatable bonds is 4. The van der Waals surface area contributed by atoms with E-state index >= 15 is 0 Å². The minimum Gasteiger partial charge on any atom is -0.423 e. The SMILES string of the molecule is CC(c1cn(-c2ccccc2F)nn1)n1cc(B(O)O)c2c(Cl)ncnc21. The van der Waals surface area contributed by atoms with Gasteiger partial charge in [0, 0.05) is 11.7 Å². The van der Waals surface area contributed by atoms with Crippen LogP contribution in [0.4, 0.5) is 4.39 Å². The molecule has 3 aromatic heterocycles. The van der Waals surface area contributed by atoms with Gasteiger partial charge in [0.25, 0.3) is 0 Å². The van der Waals surface area contributed by atoms with E-state index in [0.29, 0.717) is 16.7 Å². The second kappa shape index (κ2) is 6.73. The van der Waals surface area contributed by atoms with Crippen LogP contribution in [0.1, 0.15) is 18.7 Å². The standard InChI is InChI=1S/C16H13BClFN6O2/c1-9(12-7-25(23-22-12)13-5-3-2-4-11(13)19)24-6-10(17(26)27)14-15(18)20-8-21-16(14)24/h2-9,26-27H,1H3. The third-order valence-corrected chi connectivity index (χ3v) is 4.61. The molecule has 2 N–H and O–H groups in total. The Morgan fingerprint density at radius 3 is 2.70 bits per heavy atom. The Kier molecular flexibility index (Phi) is 4.38. The van der Waals surface area contributed by atoms with Crippen molar-refractivity contribution in [1.29, 1.82) is 0 Å². The Labute approximate surface area is 158 Å². The highest BCUT2D eigenvalue weighted by Gasteiger charge is 2.25. The van der Waals surface area contributed by atoms with Crippen molar-refractivity contribution in [3.63, 3.8) is 0 Å². The second-order valence-corrected chi connectivity index (χ2v) is 6.30. The highest BCUT2D eigenvalue weighted by molar-refractivity contribution is 6.63. The van der Waals surface area contributed by atoms with Crippen molar-refractivity contribution in [2.24, 2.45) is 0 Å². The summed E-state index contributed by atoms with van der Waals surface area (Å²) in [5.41, 5.74) is 1.41. The average Bonchev–Trinajstić information content (AvgIpc) is 3.27. The molecule has 0 saturated carbocycles. The molecule has 11 heteroatoms. The molecule has 0 aliphatic rings. The molecule has 0 saturated heterocycles. The van der Waals surface area contributed by atoms with Crippen molar-refractivity contribution in [1.82, 2.24) is 29.5 Å². The summed E-state index contributed by atoms with van der Waals surface area (Å²) in [5, 5.41) is 27.9. The monoisotopic (exact) mass is 386 g/mol. The Hall–Kier alpha value is -2.82. The molecule has 4 rings (SSSR count). The van der Waals surface area contributed by atoms with Crippen molar-refractivity contribution < 1.29 is 14.4 Å². The minimum absolute atomic E-state index is 0.115. The number of hydrogen-bond acceptors (Lipinski definition) is 6. The molecule has 1 aromatic carbocycles. The average molecular weight is 387 g/mol. The molecule has 1 unspecified atom stereocenters. The molecule has 0 aliphatic heterocycles. The van der Waals surface area contributed by atoms with E-state index in [1.165, 1.54) is 23.3 Å². The molecule has 136 valence electrons. The zero-order chi connectivity index (χ0) is 19.1. The van der Waals surface area contributed by atoms with Crippen LogP contribution in [0.2, 0.25) is 5.15 Å². The summed E-state index contributed by atoms with van der Waals surface area (Å²) in [7, 11) is -1.74. The van der Waals surface area contributed by atoms with Gasteiger partial charge in [0.1, 0.15) is 34.3 Å². The molecule has 0 radical (unpaired) electrons. The van der Waals surface area contributed by atoms with Gasteiger partial charge in [-0.05, 0) is 19.1 Å². The number of aromatic nitrogens is 6. The summed E-state index contributed by atoms with van der Waals surface area (Å²) in [6.07, 6.45) is 4.42. The van der Waals surface area contributed by atoms with Gasteiger partial charge < -0.3 is 14.6 Å². The van der Waals surface area contributed by atoms with Crippen LogP contribution < -0.4 is 5.46 Å². The van der Waals surface area contributed by atoms with Crippen LogP contribution >= 0.6 is 11.6 Å². The first-order valence-electron chi connectivity index (χ1n) is 8.01. The van der Waals surface area contributed by atoms with E-state index in [2.05, 4.69) is 20.3 Å². The topological polar surface area (TPSA) is 102 Å². The van der Waals surface area contributed by atoms with Gasteiger partial charge in [-0.15, -0.1) is 5.10 Å². The van der Waals surface area contributed by atoms with Crippen molar-refractivity contribution in [3.05, 3.63) is 59.7 Å². The largest absolute Gasteiger partial charge is 0.490 e. The highest BCUT2D eigenvalue weighted by atomic mass is 35.5. The smallest absolute Gasteiger partial charge is 0.423 e. The number of nitrogens with zero attached hydrogens (tertiary/aromatic N) is 6. The molecular formula is C16H13BClFN6O2. The predicted molar refractivity (Wildman–Crippen MR) is 97.5 cm³/mol. The van der Waals surface area contributed by atoms with Crippen LogP contribution in [-0.2, 0) is 0 Å². The van der Waals surface area contributed by atoms with Gasteiger partial charge in [0.2, 0.25) is 0 Å². The van der Waals surface area contributed by atoms with E-state index in [0.717, 1.165) is 0 Å². The Balaban J connectivity index is 1.79. The maximum absolute atomic E-state index is 14.0. The summed E-state index contributed by atoms with van der Waals surface area (Å²) in [6.45, 7) is 1.83. The molecule has 0 fully saturated rings.